The van der Waals surface area contributed by atoms with Gasteiger partial charge in [-0.25, -0.2) is 9.15 Å². The normalized spacial score (nSPS) is 11.5. The number of hydrogen-bond donors (Lipinski definition) is 0. The van der Waals surface area contributed by atoms with Gasteiger partial charge in [-0.05, 0) is 27.7 Å². The average molecular weight is 401 g/mol. The first-order chi connectivity index (χ1) is 11.5. The van der Waals surface area contributed by atoms with Gasteiger partial charge in [-0.15, -0.1) is 0 Å². The fourth-order valence-corrected chi connectivity index (χ4v) is 8.33. The van der Waals surface area contributed by atoms with E-state index >= 15 is 0 Å². The van der Waals surface area contributed by atoms with Gasteiger partial charge in [-0.1, -0.05) is 56.8 Å². The van der Waals surface area contributed by atoms with E-state index in [0.717, 1.165) is 34.1 Å². The molecule has 4 nitrogen and oxygen atoms in total. The summed E-state index contributed by atoms with van der Waals surface area (Å²) in [5.74, 6) is 0.0535. The summed E-state index contributed by atoms with van der Waals surface area (Å²) in [6.45, 7) is 11.9. The van der Waals surface area contributed by atoms with Gasteiger partial charge in [0.1, 0.15) is 26.2 Å². The molecule has 2 aromatic heterocycles. The van der Waals surface area contributed by atoms with Crippen LogP contribution in [0.15, 0.2) is 0 Å². The lowest BCUT2D eigenvalue weighted by molar-refractivity contribution is -0.266. The summed E-state index contributed by atoms with van der Waals surface area (Å²) in [7, 11) is 0. The minimum atomic E-state index is 0.0268. The Kier molecular flexibility index (Phi) is 5.29. The lowest BCUT2D eigenvalue weighted by Crippen LogP contribution is -2.25. The summed E-state index contributed by atoms with van der Waals surface area (Å²) in [4.78, 5) is 0. The van der Waals surface area contributed by atoms with E-state index in [4.69, 9.17) is 0 Å². The van der Waals surface area contributed by atoms with Gasteiger partial charge in [0.25, 0.3) is 0 Å². The van der Waals surface area contributed by atoms with E-state index in [0.29, 0.717) is 18.8 Å². The lowest BCUT2D eigenvalue weighted by atomic mass is 10.3. The lowest BCUT2D eigenvalue weighted by Gasteiger charge is -2.14. The van der Waals surface area contributed by atoms with E-state index in [1.165, 1.54) is 45.3 Å². The van der Waals surface area contributed by atoms with Crippen LogP contribution in [-0.4, -0.2) is 26.2 Å². The second kappa shape index (κ2) is 7.11. The maximum Gasteiger partial charge on any atom is 0.314 e. The molecule has 2 heterocycles. The van der Waals surface area contributed by atoms with Crippen LogP contribution in [0.5, 0.6) is 11.5 Å². The van der Waals surface area contributed by atoms with Crippen molar-refractivity contribution in [3.05, 3.63) is 7.97 Å². The van der Waals surface area contributed by atoms with Gasteiger partial charge in [0, 0.05) is 18.8 Å². The molecule has 0 radical (unpaired) electrons. The Labute approximate surface area is 156 Å². The number of fused-ring (bicyclic) bond motifs is 2. The summed E-state index contributed by atoms with van der Waals surface area (Å²) >= 11 is 5.88. The van der Waals surface area contributed by atoms with Crippen LogP contribution in [0.1, 0.15) is 27.7 Å². The molecule has 24 heavy (non-hydrogen) atoms. The first-order valence-corrected chi connectivity index (χ1v) is 11.3. The predicted molar refractivity (Wildman–Crippen MR) is 105 cm³/mol. The highest BCUT2D eigenvalue weighted by atomic mass is 32.2. The quantitative estimate of drug-likeness (QED) is 0.629. The molecule has 0 N–H and O–H groups in total. The molecular formula is C16H20N2O2S4. The third kappa shape index (κ3) is 2.79. The molecule has 0 unspecified atom stereocenters. The standard InChI is InChI=1S/C16H20N2O2S4/c1-5-17(6-2)15-21-11-9(19)13-14(10(20)12(11)22-15)24-16(23-13)18(7-3)8-4/h5-8H2,1-4H3. The molecule has 0 fully saturated rings. The van der Waals surface area contributed by atoms with Gasteiger partial charge in [-0.3, -0.25) is 0 Å². The highest BCUT2D eigenvalue weighted by molar-refractivity contribution is 7.39. The fraction of sp³-hybridized carbons (Fsp3) is 0.500. The minimum absolute atomic E-state index is 0.0268. The van der Waals surface area contributed by atoms with Crippen molar-refractivity contribution in [2.45, 2.75) is 27.7 Å². The Hall–Kier alpha value is -0.960. The fourth-order valence-electron chi connectivity index (χ4n) is 2.60. The summed E-state index contributed by atoms with van der Waals surface area (Å²) in [6.07, 6.45) is 0. The van der Waals surface area contributed by atoms with Crippen LogP contribution in [0.2, 0.25) is 0 Å². The van der Waals surface area contributed by atoms with E-state index in [-0.39, 0.29) is 11.5 Å². The number of nitrogens with zero attached hydrogens (tertiary/aromatic N) is 2. The van der Waals surface area contributed by atoms with Gasteiger partial charge in [0.15, 0.2) is 0 Å². The topological polar surface area (TPSA) is 52.1 Å². The van der Waals surface area contributed by atoms with Crippen molar-refractivity contribution in [3.63, 3.8) is 0 Å². The zero-order valence-corrected chi connectivity index (χ0v) is 17.4. The molecule has 0 amide bonds. The summed E-state index contributed by atoms with van der Waals surface area (Å²) in [5.41, 5.74) is 0. The van der Waals surface area contributed by atoms with Crippen LogP contribution >= 0.6 is 45.3 Å². The largest absolute Gasteiger partial charge is 0.870 e. The second-order valence-electron chi connectivity index (χ2n) is 5.26. The van der Waals surface area contributed by atoms with E-state index in [9.17, 15) is 10.2 Å². The van der Waals surface area contributed by atoms with Gasteiger partial charge in [0.2, 0.25) is 0 Å². The first-order valence-electron chi connectivity index (χ1n) is 8.08. The molecular weight excluding hydrogens is 380 g/mol. The Bertz CT molecular complexity index is 881. The smallest absolute Gasteiger partial charge is 0.314 e. The first kappa shape index (κ1) is 17.8. The zero-order valence-electron chi connectivity index (χ0n) is 14.2. The Balaban J connectivity index is 2.44. The van der Waals surface area contributed by atoms with E-state index in [1.807, 2.05) is 0 Å². The van der Waals surface area contributed by atoms with Crippen LogP contribution in [0.25, 0.3) is 18.8 Å². The van der Waals surface area contributed by atoms with Crippen LogP contribution in [0.4, 0.5) is 0 Å². The highest BCUT2D eigenvalue weighted by Gasteiger charge is 2.15. The van der Waals surface area contributed by atoms with Crippen molar-refractivity contribution in [1.29, 1.82) is 0 Å². The number of hydrogen-bond acceptors (Lipinski definition) is 6. The molecule has 0 spiro atoms. The molecule has 1 aromatic carbocycles. The molecule has 0 aliphatic carbocycles. The van der Waals surface area contributed by atoms with Crippen LogP contribution in [0.3, 0.4) is 0 Å². The second-order valence-corrected chi connectivity index (χ2v) is 9.77. The van der Waals surface area contributed by atoms with E-state index in [1.54, 1.807) is 0 Å². The maximum absolute atomic E-state index is 12.9. The summed E-state index contributed by atoms with van der Waals surface area (Å²) in [5, 5.41) is 25.8. The Morgan fingerprint density at radius 1 is 0.583 bits per heavy atom. The Morgan fingerprint density at radius 2 is 0.833 bits per heavy atom. The molecule has 8 heteroatoms. The van der Waals surface area contributed by atoms with Gasteiger partial charge < -0.3 is 10.2 Å². The van der Waals surface area contributed by atoms with Crippen molar-refractivity contribution >= 4 is 64.1 Å². The van der Waals surface area contributed by atoms with Crippen molar-refractivity contribution in [2.75, 3.05) is 26.2 Å². The molecule has 0 saturated carbocycles. The molecule has 0 aliphatic heterocycles. The number of benzene rings is 1. The predicted octanol–water partition coefficient (Wildman–Crippen LogP) is 2.01. The molecule has 0 bridgehead atoms. The molecule has 0 atom stereocenters. The van der Waals surface area contributed by atoms with E-state index in [2.05, 4.69) is 36.8 Å². The highest BCUT2D eigenvalue weighted by Crippen LogP contribution is 2.44. The van der Waals surface area contributed by atoms with Crippen molar-refractivity contribution in [3.8, 4) is 11.5 Å². The van der Waals surface area contributed by atoms with Crippen LogP contribution in [0, 0.1) is 0 Å². The average Bonchev–Trinajstić information content (AvgIpc) is 3.21. The molecule has 3 rings (SSSR count). The van der Waals surface area contributed by atoms with Gasteiger partial charge in [0.05, 0.1) is 0 Å². The third-order valence-electron chi connectivity index (χ3n) is 4.04. The maximum atomic E-state index is 12.9. The van der Waals surface area contributed by atoms with Crippen molar-refractivity contribution in [1.82, 2.24) is 9.15 Å². The Morgan fingerprint density at radius 3 is 1.04 bits per heavy atom. The van der Waals surface area contributed by atoms with Gasteiger partial charge in [-0.2, -0.15) is 0 Å². The summed E-state index contributed by atoms with van der Waals surface area (Å²) < 4.78 is 9.00. The van der Waals surface area contributed by atoms with Crippen molar-refractivity contribution in [2.24, 2.45) is 0 Å². The molecule has 130 valence electrons. The van der Waals surface area contributed by atoms with Crippen molar-refractivity contribution < 1.29 is 10.2 Å². The monoisotopic (exact) mass is 400 g/mol. The molecule has 0 saturated heterocycles. The number of rotatable bonds is 4. The minimum Gasteiger partial charge on any atom is -0.870 e. The SMILES string of the molecule is CC[N+](CC)=c1sc2c([O-])c3sc(=[N+](CC)CC)sc3c([O-])c2s1. The summed E-state index contributed by atoms with van der Waals surface area (Å²) in [6, 6.07) is 0. The van der Waals surface area contributed by atoms with Crippen LogP contribution < -0.4 is 27.3 Å². The zero-order chi connectivity index (χ0) is 17.4. The van der Waals surface area contributed by atoms with Gasteiger partial charge >= 0.3 is 7.97 Å². The molecule has 0 aliphatic rings. The molecule has 3 aromatic rings. The van der Waals surface area contributed by atoms with E-state index < -0.39 is 0 Å². The third-order valence-corrected chi connectivity index (χ3v) is 9.40. The van der Waals surface area contributed by atoms with Crippen LogP contribution in [-0.2, 0) is 0 Å².